The number of ether oxygens (including phenoxy) is 1. The molecule has 0 aliphatic carbocycles. The van der Waals surface area contributed by atoms with Gasteiger partial charge < -0.3 is 10.1 Å². The Morgan fingerprint density at radius 3 is 2.48 bits per heavy atom. The third kappa shape index (κ3) is 3.68. The van der Waals surface area contributed by atoms with Crippen LogP contribution < -0.4 is 15.6 Å². The van der Waals surface area contributed by atoms with E-state index in [0.717, 1.165) is 11.1 Å². The van der Waals surface area contributed by atoms with Crippen LogP contribution >= 0.6 is 0 Å². The first-order valence-corrected chi connectivity index (χ1v) is 8.07. The quantitative estimate of drug-likeness (QED) is 0.777. The van der Waals surface area contributed by atoms with Gasteiger partial charge in [0.2, 0.25) is 5.91 Å². The summed E-state index contributed by atoms with van der Waals surface area (Å²) in [6, 6.07) is 14.3. The zero-order valence-electron chi connectivity index (χ0n) is 14.2. The highest BCUT2D eigenvalue weighted by Crippen LogP contribution is 2.16. The molecule has 3 rings (SSSR count). The Labute approximate surface area is 145 Å². The number of carbonyl (C=O) groups excluding carboxylic acids is 1. The van der Waals surface area contributed by atoms with Gasteiger partial charge in [0.25, 0.3) is 5.56 Å². The predicted octanol–water partition coefficient (Wildman–Crippen LogP) is 2.74. The standard InChI is InChI=1S/C19H19N3O3/c1-3-25-15-10-8-14(9-11-15)20-18(23)12-22-19(24)17-7-5-4-6-16(17)13(2)21-22/h4-11H,3,12H2,1-2H3,(H,20,23). The smallest absolute Gasteiger partial charge is 0.275 e. The van der Waals surface area contributed by atoms with Gasteiger partial charge in [-0.25, -0.2) is 4.68 Å². The van der Waals surface area contributed by atoms with Crippen LogP contribution in [0.5, 0.6) is 5.75 Å². The number of aryl methyl sites for hydroxylation is 1. The van der Waals surface area contributed by atoms with Crippen molar-refractivity contribution in [1.29, 1.82) is 0 Å². The molecule has 1 amide bonds. The molecule has 2 aromatic carbocycles. The summed E-state index contributed by atoms with van der Waals surface area (Å²) in [4.78, 5) is 24.7. The van der Waals surface area contributed by atoms with Crippen molar-refractivity contribution in [3.05, 3.63) is 64.6 Å². The van der Waals surface area contributed by atoms with E-state index >= 15 is 0 Å². The molecule has 1 aromatic heterocycles. The maximum absolute atomic E-state index is 12.5. The second-order valence-corrected chi connectivity index (χ2v) is 5.60. The van der Waals surface area contributed by atoms with E-state index in [-0.39, 0.29) is 18.0 Å². The second-order valence-electron chi connectivity index (χ2n) is 5.60. The third-order valence-corrected chi connectivity index (χ3v) is 3.79. The first-order chi connectivity index (χ1) is 12.1. The number of carbonyl (C=O) groups is 1. The fourth-order valence-electron chi connectivity index (χ4n) is 2.65. The van der Waals surface area contributed by atoms with Crippen LogP contribution in [-0.2, 0) is 11.3 Å². The highest BCUT2D eigenvalue weighted by Gasteiger charge is 2.11. The van der Waals surface area contributed by atoms with Gasteiger partial charge >= 0.3 is 0 Å². The molecule has 0 radical (unpaired) electrons. The molecule has 0 saturated carbocycles. The minimum atomic E-state index is -0.312. The van der Waals surface area contributed by atoms with Crippen LogP contribution in [0.25, 0.3) is 10.8 Å². The average molecular weight is 337 g/mol. The number of anilines is 1. The number of fused-ring (bicyclic) bond motifs is 1. The lowest BCUT2D eigenvalue weighted by molar-refractivity contribution is -0.117. The molecule has 6 nitrogen and oxygen atoms in total. The predicted molar refractivity (Wildman–Crippen MR) is 97.0 cm³/mol. The molecule has 0 spiro atoms. The van der Waals surface area contributed by atoms with Crippen molar-refractivity contribution in [3.8, 4) is 5.75 Å². The van der Waals surface area contributed by atoms with E-state index in [1.165, 1.54) is 4.68 Å². The van der Waals surface area contributed by atoms with Gasteiger partial charge in [0.05, 0.1) is 17.7 Å². The number of aromatic nitrogens is 2. The molecule has 0 saturated heterocycles. The highest BCUT2D eigenvalue weighted by atomic mass is 16.5. The molecule has 1 N–H and O–H groups in total. The Kier molecular flexibility index (Phi) is 4.79. The Morgan fingerprint density at radius 2 is 1.80 bits per heavy atom. The van der Waals surface area contributed by atoms with Crippen molar-refractivity contribution in [2.45, 2.75) is 20.4 Å². The summed E-state index contributed by atoms with van der Waals surface area (Å²) >= 11 is 0. The van der Waals surface area contributed by atoms with Crippen molar-refractivity contribution in [1.82, 2.24) is 9.78 Å². The molecule has 0 aliphatic heterocycles. The molecule has 0 fully saturated rings. The lowest BCUT2D eigenvalue weighted by Gasteiger charge is -2.10. The molecule has 0 atom stereocenters. The minimum absolute atomic E-state index is 0.141. The van der Waals surface area contributed by atoms with E-state index in [4.69, 9.17) is 4.74 Å². The molecule has 0 unspecified atom stereocenters. The van der Waals surface area contributed by atoms with Crippen molar-refractivity contribution in [2.75, 3.05) is 11.9 Å². The molecule has 3 aromatic rings. The molecular weight excluding hydrogens is 318 g/mol. The summed E-state index contributed by atoms with van der Waals surface area (Å²) < 4.78 is 6.56. The van der Waals surface area contributed by atoms with E-state index in [0.29, 0.717) is 23.4 Å². The van der Waals surface area contributed by atoms with Gasteiger partial charge in [-0.1, -0.05) is 18.2 Å². The van der Waals surface area contributed by atoms with Gasteiger partial charge in [-0.15, -0.1) is 0 Å². The van der Waals surface area contributed by atoms with E-state index in [1.54, 1.807) is 36.4 Å². The van der Waals surface area contributed by atoms with Gasteiger partial charge in [-0.05, 0) is 44.2 Å². The Hall–Kier alpha value is -3.15. The summed E-state index contributed by atoms with van der Waals surface area (Å²) in [6.07, 6.45) is 0. The number of rotatable bonds is 5. The van der Waals surface area contributed by atoms with Crippen LogP contribution in [0.1, 0.15) is 12.6 Å². The van der Waals surface area contributed by atoms with Crippen molar-refractivity contribution in [3.63, 3.8) is 0 Å². The van der Waals surface area contributed by atoms with E-state index < -0.39 is 0 Å². The number of hydrogen-bond donors (Lipinski definition) is 1. The maximum Gasteiger partial charge on any atom is 0.275 e. The third-order valence-electron chi connectivity index (χ3n) is 3.79. The monoisotopic (exact) mass is 337 g/mol. The van der Waals surface area contributed by atoms with Crippen LogP contribution in [0, 0.1) is 6.92 Å². The maximum atomic E-state index is 12.5. The molecule has 6 heteroatoms. The SMILES string of the molecule is CCOc1ccc(NC(=O)Cn2nc(C)c3ccccc3c2=O)cc1. The normalized spacial score (nSPS) is 10.6. The van der Waals surface area contributed by atoms with Gasteiger partial charge in [0.1, 0.15) is 12.3 Å². The molecule has 0 bridgehead atoms. The van der Waals surface area contributed by atoms with Gasteiger partial charge in [-0.3, -0.25) is 9.59 Å². The number of benzene rings is 2. The molecular formula is C19H19N3O3. The largest absolute Gasteiger partial charge is 0.494 e. The average Bonchev–Trinajstić information content (AvgIpc) is 2.61. The summed E-state index contributed by atoms with van der Waals surface area (Å²) in [5.74, 6) is 0.428. The van der Waals surface area contributed by atoms with Gasteiger partial charge in [0.15, 0.2) is 0 Å². The van der Waals surface area contributed by atoms with Gasteiger partial charge in [-0.2, -0.15) is 5.10 Å². The van der Waals surface area contributed by atoms with Crippen LogP contribution in [0.4, 0.5) is 5.69 Å². The zero-order valence-corrected chi connectivity index (χ0v) is 14.2. The summed E-state index contributed by atoms with van der Waals surface area (Å²) in [6.45, 7) is 4.17. The summed E-state index contributed by atoms with van der Waals surface area (Å²) in [5.41, 5.74) is 1.08. The van der Waals surface area contributed by atoms with E-state index in [2.05, 4.69) is 10.4 Å². The molecule has 128 valence electrons. The number of amides is 1. The van der Waals surface area contributed by atoms with Crippen LogP contribution in [0.15, 0.2) is 53.3 Å². The highest BCUT2D eigenvalue weighted by molar-refractivity contribution is 5.91. The topological polar surface area (TPSA) is 73.2 Å². The zero-order chi connectivity index (χ0) is 17.8. The second kappa shape index (κ2) is 7.17. The Morgan fingerprint density at radius 1 is 1.12 bits per heavy atom. The summed E-state index contributed by atoms with van der Waals surface area (Å²) in [5, 5.41) is 8.37. The number of hydrogen-bond acceptors (Lipinski definition) is 4. The first-order valence-electron chi connectivity index (χ1n) is 8.07. The molecule has 25 heavy (non-hydrogen) atoms. The lowest BCUT2D eigenvalue weighted by atomic mass is 10.1. The summed E-state index contributed by atoms with van der Waals surface area (Å²) in [7, 11) is 0. The Bertz CT molecular complexity index is 962. The molecule has 0 aliphatic rings. The fourth-order valence-corrected chi connectivity index (χ4v) is 2.65. The van der Waals surface area contributed by atoms with Crippen LogP contribution in [-0.4, -0.2) is 22.3 Å². The molecule has 1 heterocycles. The van der Waals surface area contributed by atoms with Crippen molar-refractivity contribution in [2.24, 2.45) is 0 Å². The van der Waals surface area contributed by atoms with Crippen molar-refractivity contribution >= 4 is 22.4 Å². The van der Waals surface area contributed by atoms with Crippen molar-refractivity contribution < 1.29 is 9.53 Å². The fraction of sp³-hybridized carbons (Fsp3) is 0.211. The number of nitrogens with one attached hydrogen (secondary N) is 1. The van der Waals surface area contributed by atoms with Crippen LogP contribution in [0.3, 0.4) is 0 Å². The minimum Gasteiger partial charge on any atom is -0.494 e. The van der Waals surface area contributed by atoms with E-state index in [9.17, 15) is 9.59 Å². The van der Waals surface area contributed by atoms with Gasteiger partial charge in [0, 0.05) is 11.1 Å². The van der Waals surface area contributed by atoms with E-state index in [1.807, 2.05) is 26.0 Å². The number of nitrogens with zero attached hydrogens (tertiary/aromatic N) is 2. The lowest BCUT2D eigenvalue weighted by Crippen LogP contribution is -2.30. The Balaban J connectivity index is 1.78. The van der Waals surface area contributed by atoms with Crippen LogP contribution in [0.2, 0.25) is 0 Å². The first kappa shape index (κ1) is 16.7.